The molecular formula is C18H19N3O3. The number of nitrogens with zero attached hydrogens (tertiary/aromatic N) is 2. The van der Waals surface area contributed by atoms with E-state index in [2.05, 4.69) is 29.3 Å². The van der Waals surface area contributed by atoms with E-state index >= 15 is 0 Å². The normalized spacial score (nSPS) is 10.5. The summed E-state index contributed by atoms with van der Waals surface area (Å²) in [5, 5.41) is 7.14. The van der Waals surface area contributed by atoms with Gasteiger partial charge in [-0.1, -0.05) is 17.3 Å². The van der Waals surface area contributed by atoms with Crippen molar-refractivity contribution in [2.45, 2.75) is 13.8 Å². The minimum absolute atomic E-state index is 0.318. The minimum atomic E-state index is 0.318. The summed E-state index contributed by atoms with van der Waals surface area (Å²) in [6.45, 7) is 4.12. The van der Waals surface area contributed by atoms with E-state index in [4.69, 9.17) is 14.0 Å². The van der Waals surface area contributed by atoms with Crippen molar-refractivity contribution in [3.05, 3.63) is 47.5 Å². The smallest absolute Gasteiger partial charge is 0.326 e. The highest BCUT2D eigenvalue weighted by Crippen LogP contribution is 2.36. The van der Waals surface area contributed by atoms with Gasteiger partial charge in [0.2, 0.25) is 5.82 Å². The van der Waals surface area contributed by atoms with Gasteiger partial charge in [-0.2, -0.15) is 4.98 Å². The van der Waals surface area contributed by atoms with Crippen LogP contribution in [0.5, 0.6) is 11.5 Å². The summed E-state index contributed by atoms with van der Waals surface area (Å²) in [4.78, 5) is 4.39. The average molecular weight is 325 g/mol. The largest absolute Gasteiger partial charge is 0.493 e. The Morgan fingerprint density at radius 1 is 1.00 bits per heavy atom. The summed E-state index contributed by atoms with van der Waals surface area (Å²) < 4.78 is 16.0. The Morgan fingerprint density at radius 3 is 2.54 bits per heavy atom. The van der Waals surface area contributed by atoms with Gasteiger partial charge < -0.3 is 19.3 Å². The zero-order valence-corrected chi connectivity index (χ0v) is 14.1. The third-order valence-corrected chi connectivity index (χ3v) is 3.83. The first-order chi connectivity index (χ1) is 11.6. The van der Waals surface area contributed by atoms with E-state index in [1.165, 1.54) is 11.1 Å². The molecule has 3 aromatic rings. The van der Waals surface area contributed by atoms with Crippen molar-refractivity contribution in [1.29, 1.82) is 0 Å². The van der Waals surface area contributed by atoms with Crippen LogP contribution in [0.4, 0.5) is 11.7 Å². The number of para-hydroxylation sites is 1. The highest BCUT2D eigenvalue weighted by Gasteiger charge is 2.16. The molecule has 0 atom stereocenters. The van der Waals surface area contributed by atoms with Gasteiger partial charge in [0.05, 0.1) is 19.8 Å². The molecule has 0 fully saturated rings. The number of hydrogen-bond donors (Lipinski definition) is 1. The molecule has 0 saturated heterocycles. The lowest BCUT2D eigenvalue weighted by Crippen LogP contribution is -1.94. The summed E-state index contributed by atoms with van der Waals surface area (Å²) in [5.41, 5.74) is 4.02. The zero-order chi connectivity index (χ0) is 17.1. The minimum Gasteiger partial charge on any atom is -0.493 e. The number of aryl methyl sites for hydroxylation is 2. The Hall–Kier alpha value is -3.02. The summed E-state index contributed by atoms with van der Waals surface area (Å²) in [7, 11) is 3.17. The van der Waals surface area contributed by atoms with Gasteiger partial charge in [0.25, 0.3) is 0 Å². The van der Waals surface area contributed by atoms with Gasteiger partial charge in [-0.15, -0.1) is 0 Å². The number of methoxy groups -OCH3 is 2. The topological polar surface area (TPSA) is 69.4 Å². The van der Waals surface area contributed by atoms with Crippen molar-refractivity contribution in [1.82, 2.24) is 10.1 Å². The fourth-order valence-corrected chi connectivity index (χ4v) is 2.39. The molecule has 6 heteroatoms. The Kier molecular flexibility index (Phi) is 4.37. The first kappa shape index (κ1) is 15.9. The van der Waals surface area contributed by atoms with Crippen molar-refractivity contribution in [3.8, 4) is 22.9 Å². The number of rotatable bonds is 5. The van der Waals surface area contributed by atoms with E-state index in [9.17, 15) is 0 Å². The van der Waals surface area contributed by atoms with Crippen molar-refractivity contribution >= 4 is 11.7 Å². The van der Waals surface area contributed by atoms with Crippen LogP contribution in [-0.2, 0) is 0 Å². The molecule has 0 spiro atoms. The third-order valence-electron chi connectivity index (χ3n) is 3.83. The van der Waals surface area contributed by atoms with Gasteiger partial charge in [0, 0.05) is 5.69 Å². The molecule has 6 nitrogen and oxygen atoms in total. The fraction of sp³-hybridized carbons (Fsp3) is 0.222. The maximum atomic E-state index is 5.41. The van der Waals surface area contributed by atoms with E-state index in [1.54, 1.807) is 14.2 Å². The predicted octanol–water partition coefficient (Wildman–Crippen LogP) is 4.11. The Labute approximate surface area is 140 Å². The van der Waals surface area contributed by atoms with Gasteiger partial charge in [-0.05, 0) is 49.2 Å². The molecule has 0 unspecified atom stereocenters. The van der Waals surface area contributed by atoms with Crippen molar-refractivity contribution < 1.29 is 14.0 Å². The lowest BCUT2D eigenvalue weighted by atomic mass is 10.1. The third kappa shape index (κ3) is 3.03. The van der Waals surface area contributed by atoms with Crippen LogP contribution in [0.3, 0.4) is 0 Å². The lowest BCUT2D eigenvalue weighted by molar-refractivity contribution is 0.355. The summed E-state index contributed by atoms with van der Waals surface area (Å²) in [6.07, 6.45) is 0. The SMILES string of the molecule is COc1cccc(-c2noc(Nc3ccc(C)c(C)c3)n2)c1OC. The van der Waals surface area contributed by atoms with Crippen LogP contribution in [-0.4, -0.2) is 24.4 Å². The number of hydrogen-bond acceptors (Lipinski definition) is 6. The molecule has 0 bridgehead atoms. The van der Waals surface area contributed by atoms with Gasteiger partial charge in [0.1, 0.15) is 0 Å². The quantitative estimate of drug-likeness (QED) is 0.761. The first-order valence-electron chi connectivity index (χ1n) is 7.51. The van der Waals surface area contributed by atoms with Gasteiger partial charge >= 0.3 is 6.01 Å². The number of ether oxygens (including phenoxy) is 2. The monoisotopic (exact) mass is 325 g/mol. The molecule has 0 aliphatic heterocycles. The number of benzene rings is 2. The Morgan fingerprint density at radius 2 is 1.83 bits per heavy atom. The summed E-state index contributed by atoms with van der Waals surface area (Å²) in [6, 6.07) is 11.9. The first-order valence-corrected chi connectivity index (χ1v) is 7.51. The van der Waals surface area contributed by atoms with Crippen LogP contribution >= 0.6 is 0 Å². The molecule has 0 amide bonds. The second-order valence-electron chi connectivity index (χ2n) is 5.39. The molecule has 0 saturated carbocycles. The number of aromatic nitrogens is 2. The van der Waals surface area contributed by atoms with Crippen LogP contribution in [0.25, 0.3) is 11.4 Å². The fourth-order valence-electron chi connectivity index (χ4n) is 2.39. The Bertz CT molecular complexity index is 858. The molecule has 124 valence electrons. The molecule has 0 aliphatic rings. The van der Waals surface area contributed by atoms with Crippen molar-refractivity contribution in [2.75, 3.05) is 19.5 Å². The van der Waals surface area contributed by atoms with E-state index in [0.717, 1.165) is 5.69 Å². The molecule has 1 aromatic heterocycles. The summed E-state index contributed by atoms with van der Waals surface area (Å²) in [5.74, 6) is 1.61. The van der Waals surface area contributed by atoms with Gasteiger partial charge in [-0.3, -0.25) is 0 Å². The van der Waals surface area contributed by atoms with E-state index in [-0.39, 0.29) is 0 Å². The molecule has 24 heavy (non-hydrogen) atoms. The van der Waals surface area contributed by atoms with Crippen molar-refractivity contribution in [2.24, 2.45) is 0 Å². The van der Waals surface area contributed by atoms with Crippen molar-refractivity contribution in [3.63, 3.8) is 0 Å². The number of nitrogens with one attached hydrogen (secondary N) is 1. The molecule has 0 radical (unpaired) electrons. The van der Waals surface area contributed by atoms with Crippen LogP contribution in [0.1, 0.15) is 11.1 Å². The second-order valence-corrected chi connectivity index (χ2v) is 5.39. The Balaban J connectivity index is 1.89. The van der Waals surface area contributed by atoms with Crippen LogP contribution < -0.4 is 14.8 Å². The molecule has 0 aliphatic carbocycles. The maximum absolute atomic E-state index is 5.41. The number of anilines is 2. The zero-order valence-electron chi connectivity index (χ0n) is 14.1. The highest BCUT2D eigenvalue weighted by molar-refractivity contribution is 5.69. The molecule has 1 N–H and O–H groups in total. The van der Waals surface area contributed by atoms with Crippen LogP contribution in [0, 0.1) is 13.8 Å². The van der Waals surface area contributed by atoms with Crippen LogP contribution in [0.2, 0.25) is 0 Å². The summed E-state index contributed by atoms with van der Waals surface area (Å²) >= 11 is 0. The van der Waals surface area contributed by atoms with E-state index < -0.39 is 0 Å². The maximum Gasteiger partial charge on any atom is 0.326 e. The molecular weight excluding hydrogens is 306 g/mol. The van der Waals surface area contributed by atoms with E-state index in [0.29, 0.717) is 28.9 Å². The van der Waals surface area contributed by atoms with Crippen LogP contribution in [0.15, 0.2) is 40.9 Å². The molecule has 2 aromatic carbocycles. The van der Waals surface area contributed by atoms with Gasteiger partial charge in [0.15, 0.2) is 11.5 Å². The standard InChI is InChI=1S/C18H19N3O3/c1-11-8-9-13(10-12(11)2)19-18-20-17(21-24-18)14-6-5-7-15(22-3)16(14)23-4/h5-10H,1-4H3,(H,19,20,21). The molecule has 1 heterocycles. The molecule has 3 rings (SSSR count). The second kappa shape index (κ2) is 6.62. The predicted molar refractivity (Wildman–Crippen MR) is 92.0 cm³/mol. The van der Waals surface area contributed by atoms with Gasteiger partial charge in [-0.25, -0.2) is 0 Å². The van der Waals surface area contributed by atoms with E-state index in [1.807, 2.05) is 36.4 Å². The highest BCUT2D eigenvalue weighted by atomic mass is 16.5. The lowest BCUT2D eigenvalue weighted by Gasteiger charge is -2.09. The average Bonchev–Trinajstić information content (AvgIpc) is 3.05.